The van der Waals surface area contributed by atoms with Crippen LogP contribution >= 0.6 is 0 Å². The summed E-state index contributed by atoms with van der Waals surface area (Å²) in [6.07, 6.45) is 2.49. The van der Waals surface area contributed by atoms with Gasteiger partial charge in [-0.3, -0.25) is 0 Å². The summed E-state index contributed by atoms with van der Waals surface area (Å²) in [6.45, 7) is 13.3. The van der Waals surface area contributed by atoms with E-state index in [1.54, 1.807) is 7.11 Å². The highest BCUT2D eigenvalue weighted by Crippen LogP contribution is 2.18. The van der Waals surface area contributed by atoms with Gasteiger partial charge in [-0.05, 0) is 63.5 Å². The van der Waals surface area contributed by atoms with Crippen LogP contribution in [0, 0.1) is 6.92 Å². The van der Waals surface area contributed by atoms with Crippen molar-refractivity contribution >= 4 is 0 Å². The Labute approximate surface area is 130 Å². The quantitative estimate of drug-likeness (QED) is 0.713. The summed E-state index contributed by atoms with van der Waals surface area (Å²) in [5.41, 5.74) is 2.52. The van der Waals surface area contributed by atoms with E-state index in [4.69, 9.17) is 4.74 Å². The average Bonchev–Trinajstić information content (AvgIpc) is 2.49. The van der Waals surface area contributed by atoms with Crippen LogP contribution in [0.3, 0.4) is 0 Å². The van der Waals surface area contributed by atoms with Crippen LogP contribution in [-0.4, -0.2) is 37.7 Å². The lowest BCUT2D eigenvalue weighted by Crippen LogP contribution is -2.28. The second-order valence-corrected chi connectivity index (χ2v) is 5.76. The van der Waals surface area contributed by atoms with E-state index in [1.807, 2.05) is 0 Å². The molecule has 1 aromatic carbocycles. The zero-order valence-corrected chi connectivity index (χ0v) is 14.4. The van der Waals surface area contributed by atoms with Crippen molar-refractivity contribution in [2.75, 3.05) is 26.7 Å². The maximum Gasteiger partial charge on any atom is 0.121 e. The molecule has 0 saturated heterocycles. The first kappa shape index (κ1) is 18.0. The minimum Gasteiger partial charge on any atom is -0.496 e. The Balaban J connectivity index is 2.29. The van der Waals surface area contributed by atoms with Crippen molar-refractivity contribution in [3.05, 3.63) is 29.3 Å². The Morgan fingerprint density at radius 1 is 1.24 bits per heavy atom. The normalized spacial score (nSPS) is 12.7. The standard InChI is InChI=1S/C18H32N2O/c1-6-20(7-2)12-8-9-16(4)19-14-17-10-11-18(21-5)15(3)13-17/h10-11,13,16,19H,6-9,12,14H2,1-5H3. The van der Waals surface area contributed by atoms with Crippen molar-refractivity contribution in [2.45, 2.75) is 53.1 Å². The Hall–Kier alpha value is -1.06. The van der Waals surface area contributed by atoms with Crippen LogP contribution in [0.5, 0.6) is 5.75 Å². The van der Waals surface area contributed by atoms with Gasteiger partial charge in [0.15, 0.2) is 0 Å². The molecule has 1 rings (SSSR count). The van der Waals surface area contributed by atoms with Crippen molar-refractivity contribution < 1.29 is 4.74 Å². The lowest BCUT2D eigenvalue weighted by atomic mass is 10.1. The molecule has 120 valence electrons. The number of aryl methyl sites for hydroxylation is 1. The van der Waals surface area contributed by atoms with Crippen molar-refractivity contribution in [3.63, 3.8) is 0 Å². The molecule has 0 fully saturated rings. The second-order valence-electron chi connectivity index (χ2n) is 5.76. The molecule has 0 radical (unpaired) electrons. The molecule has 3 nitrogen and oxygen atoms in total. The van der Waals surface area contributed by atoms with Crippen LogP contribution in [-0.2, 0) is 6.54 Å². The Bertz CT molecular complexity index is 402. The van der Waals surface area contributed by atoms with Gasteiger partial charge in [0.05, 0.1) is 7.11 Å². The summed E-state index contributed by atoms with van der Waals surface area (Å²) < 4.78 is 5.30. The molecule has 0 aromatic heterocycles. The molecule has 1 N–H and O–H groups in total. The molecule has 1 aromatic rings. The highest BCUT2D eigenvalue weighted by Gasteiger charge is 2.05. The van der Waals surface area contributed by atoms with Gasteiger partial charge in [-0.2, -0.15) is 0 Å². The maximum atomic E-state index is 5.30. The van der Waals surface area contributed by atoms with Gasteiger partial charge in [-0.1, -0.05) is 26.0 Å². The molecule has 0 aliphatic carbocycles. The zero-order valence-electron chi connectivity index (χ0n) is 14.4. The Morgan fingerprint density at radius 2 is 1.95 bits per heavy atom. The largest absolute Gasteiger partial charge is 0.496 e. The molecule has 21 heavy (non-hydrogen) atoms. The van der Waals surface area contributed by atoms with Gasteiger partial charge in [-0.15, -0.1) is 0 Å². The molecule has 0 bridgehead atoms. The Morgan fingerprint density at radius 3 is 2.52 bits per heavy atom. The highest BCUT2D eigenvalue weighted by molar-refractivity contribution is 5.36. The van der Waals surface area contributed by atoms with Crippen LogP contribution in [0.15, 0.2) is 18.2 Å². The van der Waals surface area contributed by atoms with Crippen molar-refractivity contribution in [2.24, 2.45) is 0 Å². The average molecular weight is 292 g/mol. The summed E-state index contributed by atoms with van der Waals surface area (Å²) in [4.78, 5) is 2.49. The van der Waals surface area contributed by atoms with Crippen LogP contribution in [0.4, 0.5) is 0 Å². The number of nitrogens with zero attached hydrogens (tertiary/aromatic N) is 1. The van der Waals surface area contributed by atoms with Gasteiger partial charge in [-0.25, -0.2) is 0 Å². The second kappa shape index (κ2) is 9.80. The number of ether oxygens (including phenoxy) is 1. The fourth-order valence-corrected chi connectivity index (χ4v) is 2.61. The lowest BCUT2D eigenvalue weighted by Gasteiger charge is -2.20. The molecular formula is C18H32N2O. The molecule has 0 aliphatic heterocycles. The number of methoxy groups -OCH3 is 1. The summed E-state index contributed by atoms with van der Waals surface area (Å²) in [5, 5.41) is 3.61. The summed E-state index contributed by atoms with van der Waals surface area (Å²) in [6, 6.07) is 6.95. The predicted molar refractivity (Wildman–Crippen MR) is 91.1 cm³/mol. The lowest BCUT2D eigenvalue weighted by molar-refractivity contribution is 0.290. The van der Waals surface area contributed by atoms with Crippen molar-refractivity contribution in [3.8, 4) is 5.75 Å². The Kier molecular flexibility index (Phi) is 8.40. The van der Waals surface area contributed by atoms with Gasteiger partial charge in [0.2, 0.25) is 0 Å². The molecule has 0 spiro atoms. The third kappa shape index (κ3) is 6.49. The van der Waals surface area contributed by atoms with E-state index in [1.165, 1.54) is 30.5 Å². The minimum absolute atomic E-state index is 0.558. The van der Waals surface area contributed by atoms with E-state index >= 15 is 0 Å². The SMILES string of the molecule is CCN(CC)CCCC(C)NCc1ccc(OC)c(C)c1. The van der Waals surface area contributed by atoms with E-state index in [0.717, 1.165) is 25.4 Å². The fraction of sp³-hybridized carbons (Fsp3) is 0.667. The first-order chi connectivity index (χ1) is 10.1. The first-order valence-electron chi connectivity index (χ1n) is 8.19. The summed E-state index contributed by atoms with van der Waals surface area (Å²) in [7, 11) is 1.72. The molecule has 0 aliphatic rings. The summed E-state index contributed by atoms with van der Waals surface area (Å²) >= 11 is 0. The minimum atomic E-state index is 0.558. The number of hydrogen-bond donors (Lipinski definition) is 1. The molecule has 0 heterocycles. The van der Waals surface area contributed by atoms with Crippen LogP contribution in [0.1, 0.15) is 44.7 Å². The zero-order chi connectivity index (χ0) is 15.7. The van der Waals surface area contributed by atoms with E-state index in [-0.39, 0.29) is 0 Å². The molecule has 0 amide bonds. The monoisotopic (exact) mass is 292 g/mol. The third-order valence-corrected chi connectivity index (χ3v) is 4.12. The molecule has 1 unspecified atom stereocenters. The van der Waals surface area contributed by atoms with Crippen molar-refractivity contribution in [1.82, 2.24) is 10.2 Å². The number of nitrogens with one attached hydrogen (secondary N) is 1. The van der Waals surface area contributed by atoms with Crippen LogP contribution < -0.4 is 10.1 Å². The van der Waals surface area contributed by atoms with Gasteiger partial charge < -0.3 is 15.0 Å². The fourth-order valence-electron chi connectivity index (χ4n) is 2.61. The topological polar surface area (TPSA) is 24.5 Å². The molecule has 1 atom stereocenters. The molecular weight excluding hydrogens is 260 g/mol. The maximum absolute atomic E-state index is 5.30. The van der Waals surface area contributed by atoms with Gasteiger partial charge >= 0.3 is 0 Å². The summed E-state index contributed by atoms with van der Waals surface area (Å²) in [5.74, 6) is 0.964. The third-order valence-electron chi connectivity index (χ3n) is 4.12. The van der Waals surface area contributed by atoms with Gasteiger partial charge in [0, 0.05) is 12.6 Å². The number of rotatable bonds is 10. The van der Waals surface area contributed by atoms with Crippen molar-refractivity contribution in [1.29, 1.82) is 0 Å². The van der Waals surface area contributed by atoms with Gasteiger partial charge in [0.1, 0.15) is 5.75 Å². The number of benzene rings is 1. The van der Waals surface area contributed by atoms with E-state index in [0.29, 0.717) is 6.04 Å². The van der Waals surface area contributed by atoms with Crippen LogP contribution in [0.25, 0.3) is 0 Å². The first-order valence-corrected chi connectivity index (χ1v) is 8.19. The molecule has 3 heteroatoms. The molecule has 0 saturated carbocycles. The predicted octanol–water partition coefficient (Wildman–Crippen LogP) is 3.60. The van der Waals surface area contributed by atoms with E-state index < -0.39 is 0 Å². The number of hydrogen-bond acceptors (Lipinski definition) is 3. The van der Waals surface area contributed by atoms with E-state index in [2.05, 4.69) is 56.1 Å². The van der Waals surface area contributed by atoms with Gasteiger partial charge in [0.25, 0.3) is 0 Å². The van der Waals surface area contributed by atoms with E-state index in [9.17, 15) is 0 Å². The van der Waals surface area contributed by atoms with Crippen LogP contribution in [0.2, 0.25) is 0 Å². The highest BCUT2D eigenvalue weighted by atomic mass is 16.5. The smallest absolute Gasteiger partial charge is 0.121 e.